The van der Waals surface area contributed by atoms with Crippen LogP contribution >= 0.6 is 38.9 Å². The lowest BCUT2D eigenvalue weighted by atomic mass is 10.0. The number of carbonyl (C=O) groups excluding carboxylic acids is 1. The molecule has 1 aromatic carbocycles. The Morgan fingerprint density at radius 1 is 1.38 bits per heavy atom. The molecule has 0 radical (unpaired) electrons. The minimum atomic E-state index is 0.0156. The van der Waals surface area contributed by atoms with E-state index in [1.165, 1.54) is 11.3 Å². The number of carbonyl (C=O) groups is 1. The van der Waals surface area contributed by atoms with Crippen LogP contribution in [0.5, 0.6) is 0 Å². The molecule has 1 nitrogen and oxygen atoms in total. The maximum Gasteiger partial charge on any atom is 0.204 e. The molecular weight excluding hydrogens is 308 g/mol. The van der Waals surface area contributed by atoms with Crippen LogP contribution < -0.4 is 0 Å². The number of halogens is 2. The van der Waals surface area contributed by atoms with Gasteiger partial charge in [0.1, 0.15) is 0 Å². The highest BCUT2D eigenvalue weighted by molar-refractivity contribution is 9.10. The lowest BCUT2D eigenvalue weighted by molar-refractivity contribution is 0.104. The zero-order chi connectivity index (χ0) is 11.7. The highest BCUT2D eigenvalue weighted by Gasteiger charge is 2.16. The molecule has 0 aliphatic heterocycles. The number of thiophene rings is 1. The van der Waals surface area contributed by atoms with Crippen LogP contribution in [-0.4, -0.2) is 5.78 Å². The Kier molecular flexibility index (Phi) is 3.47. The Bertz CT molecular complexity index is 548. The van der Waals surface area contributed by atoms with Gasteiger partial charge < -0.3 is 0 Å². The molecule has 0 aliphatic carbocycles. The molecule has 0 N–H and O–H groups in total. The normalized spacial score (nSPS) is 10.4. The van der Waals surface area contributed by atoms with Crippen molar-refractivity contribution in [3.05, 3.63) is 55.1 Å². The molecule has 82 valence electrons. The molecule has 0 unspecified atom stereocenters. The largest absolute Gasteiger partial charge is 0.288 e. The van der Waals surface area contributed by atoms with Crippen molar-refractivity contribution in [3.63, 3.8) is 0 Å². The summed E-state index contributed by atoms with van der Waals surface area (Å²) in [6, 6.07) is 7.23. The van der Waals surface area contributed by atoms with Gasteiger partial charge >= 0.3 is 0 Å². The standard InChI is InChI=1S/C12H8BrClOS/c1-7-2-3-8(14)6-9(7)11(15)12-10(13)4-5-16-12/h2-6H,1H3. The summed E-state index contributed by atoms with van der Waals surface area (Å²) in [5.74, 6) is 0.0156. The van der Waals surface area contributed by atoms with E-state index in [1.807, 2.05) is 24.4 Å². The number of ketones is 1. The summed E-state index contributed by atoms with van der Waals surface area (Å²) < 4.78 is 0.835. The van der Waals surface area contributed by atoms with Crippen molar-refractivity contribution in [2.45, 2.75) is 6.92 Å². The van der Waals surface area contributed by atoms with Crippen molar-refractivity contribution in [1.82, 2.24) is 0 Å². The van der Waals surface area contributed by atoms with Gasteiger partial charge in [-0.2, -0.15) is 0 Å². The van der Waals surface area contributed by atoms with E-state index in [2.05, 4.69) is 15.9 Å². The van der Waals surface area contributed by atoms with Crippen molar-refractivity contribution < 1.29 is 4.79 Å². The summed E-state index contributed by atoms with van der Waals surface area (Å²) in [6.07, 6.45) is 0. The molecule has 0 spiro atoms. The molecule has 0 bridgehead atoms. The Morgan fingerprint density at radius 2 is 2.12 bits per heavy atom. The summed E-state index contributed by atoms with van der Waals surface area (Å²) in [6.45, 7) is 1.91. The fourth-order valence-corrected chi connectivity index (χ4v) is 3.09. The van der Waals surface area contributed by atoms with E-state index >= 15 is 0 Å². The van der Waals surface area contributed by atoms with E-state index in [-0.39, 0.29) is 5.78 Å². The molecule has 0 fully saturated rings. The first-order chi connectivity index (χ1) is 7.59. The molecular formula is C12H8BrClOS. The third-order valence-electron chi connectivity index (χ3n) is 2.27. The van der Waals surface area contributed by atoms with Crippen LogP contribution in [0.15, 0.2) is 34.1 Å². The van der Waals surface area contributed by atoms with Gasteiger partial charge in [-0.25, -0.2) is 0 Å². The van der Waals surface area contributed by atoms with Crippen LogP contribution in [0.4, 0.5) is 0 Å². The highest BCUT2D eigenvalue weighted by atomic mass is 79.9. The molecule has 1 heterocycles. The first-order valence-corrected chi connectivity index (χ1v) is 6.68. The topological polar surface area (TPSA) is 17.1 Å². The monoisotopic (exact) mass is 314 g/mol. The summed E-state index contributed by atoms with van der Waals surface area (Å²) in [5.41, 5.74) is 1.60. The predicted octanol–water partition coefficient (Wildman–Crippen LogP) is 4.70. The summed E-state index contributed by atoms with van der Waals surface area (Å²) in [7, 11) is 0. The fraction of sp³-hybridized carbons (Fsp3) is 0.0833. The molecule has 4 heteroatoms. The first kappa shape index (κ1) is 11.8. The van der Waals surface area contributed by atoms with E-state index in [9.17, 15) is 4.79 Å². The van der Waals surface area contributed by atoms with E-state index in [0.29, 0.717) is 15.5 Å². The summed E-state index contributed by atoms with van der Waals surface area (Å²) >= 11 is 10.7. The number of hydrogen-bond donors (Lipinski definition) is 0. The highest BCUT2D eigenvalue weighted by Crippen LogP contribution is 2.27. The van der Waals surface area contributed by atoms with E-state index in [4.69, 9.17) is 11.6 Å². The number of rotatable bonds is 2. The van der Waals surface area contributed by atoms with Gasteiger partial charge in [-0.3, -0.25) is 4.79 Å². The van der Waals surface area contributed by atoms with Gasteiger partial charge in [0, 0.05) is 15.1 Å². The van der Waals surface area contributed by atoms with E-state index in [0.717, 1.165) is 10.0 Å². The number of benzene rings is 1. The Hall–Kier alpha value is -0.640. The quantitative estimate of drug-likeness (QED) is 0.734. The Balaban J connectivity index is 2.49. The SMILES string of the molecule is Cc1ccc(Cl)cc1C(=O)c1sccc1Br. The fourth-order valence-electron chi connectivity index (χ4n) is 1.42. The number of aryl methyl sites for hydroxylation is 1. The van der Waals surface area contributed by atoms with Gasteiger partial charge in [-0.1, -0.05) is 17.7 Å². The molecule has 0 saturated heterocycles. The van der Waals surface area contributed by atoms with Crippen LogP contribution in [0.25, 0.3) is 0 Å². The average molecular weight is 316 g/mol. The smallest absolute Gasteiger partial charge is 0.204 e. The second kappa shape index (κ2) is 4.70. The van der Waals surface area contributed by atoms with Crippen LogP contribution in [0.3, 0.4) is 0 Å². The van der Waals surface area contributed by atoms with Crippen LogP contribution in [-0.2, 0) is 0 Å². The number of hydrogen-bond acceptors (Lipinski definition) is 2. The van der Waals surface area contributed by atoms with Crippen molar-refractivity contribution in [2.24, 2.45) is 0 Å². The first-order valence-electron chi connectivity index (χ1n) is 4.63. The van der Waals surface area contributed by atoms with E-state index < -0.39 is 0 Å². The zero-order valence-electron chi connectivity index (χ0n) is 8.46. The minimum absolute atomic E-state index is 0.0156. The summed E-state index contributed by atoms with van der Waals surface area (Å²) in [5, 5.41) is 2.47. The van der Waals surface area contributed by atoms with Crippen LogP contribution in [0, 0.1) is 6.92 Å². The molecule has 0 aliphatic rings. The Labute approximate surface area is 111 Å². The van der Waals surface area contributed by atoms with Crippen molar-refractivity contribution >= 4 is 44.7 Å². The minimum Gasteiger partial charge on any atom is -0.288 e. The second-order valence-electron chi connectivity index (χ2n) is 3.39. The van der Waals surface area contributed by atoms with Gasteiger partial charge in [0.05, 0.1) is 4.88 Å². The lowest BCUT2D eigenvalue weighted by Gasteiger charge is -2.04. The molecule has 1 aromatic heterocycles. The zero-order valence-corrected chi connectivity index (χ0v) is 11.6. The molecule has 0 saturated carbocycles. The van der Waals surface area contributed by atoms with Crippen molar-refractivity contribution in [3.8, 4) is 0 Å². The van der Waals surface area contributed by atoms with Gasteiger partial charge in [0.15, 0.2) is 0 Å². The van der Waals surface area contributed by atoms with Crippen molar-refractivity contribution in [1.29, 1.82) is 0 Å². The predicted molar refractivity (Wildman–Crippen MR) is 71.6 cm³/mol. The van der Waals surface area contributed by atoms with Gasteiger partial charge in [0.2, 0.25) is 5.78 Å². The molecule has 0 amide bonds. The molecule has 2 rings (SSSR count). The lowest BCUT2D eigenvalue weighted by Crippen LogP contribution is -2.02. The third kappa shape index (κ3) is 2.21. The Morgan fingerprint density at radius 3 is 2.75 bits per heavy atom. The summed E-state index contributed by atoms with van der Waals surface area (Å²) in [4.78, 5) is 12.9. The van der Waals surface area contributed by atoms with Crippen LogP contribution in [0.1, 0.15) is 20.8 Å². The van der Waals surface area contributed by atoms with Crippen LogP contribution in [0.2, 0.25) is 5.02 Å². The third-order valence-corrected chi connectivity index (χ3v) is 4.34. The average Bonchev–Trinajstić information content (AvgIpc) is 2.67. The van der Waals surface area contributed by atoms with Gasteiger partial charge in [-0.15, -0.1) is 11.3 Å². The van der Waals surface area contributed by atoms with Gasteiger partial charge in [0.25, 0.3) is 0 Å². The van der Waals surface area contributed by atoms with Gasteiger partial charge in [-0.05, 0) is 52.0 Å². The molecule has 16 heavy (non-hydrogen) atoms. The van der Waals surface area contributed by atoms with Crippen molar-refractivity contribution in [2.75, 3.05) is 0 Å². The molecule has 2 aromatic rings. The maximum atomic E-state index is 12.2. The second-order valence-corrected chi connectivity index (χ2v) is 5.59. The maximum absolute atomic E-state index is 12.2. The molecule has 0 atom stereocenters. The van der Waals surface area contributed by atoms with E-state index in [1.54, 1.807) is 12.1 Å².